The Morgan fingerprint density at radius 1 is 1.14 bits per heavy atom. The summed E-state index contributed by atoms with van der Waals surface area (Å²) < 4.78 is 0. The van der Waals surface area contributed by atoms with Gasteiger partial charge in [-0.2, -0.15) is 0 Å². The van der Waals surface area contributed by atoms with Crippen LogP contribution in [-0.4, -0.2) is 29.6 Å². The number of carbonyl (C=O) groups excluding carboxylic acids is 1. The number of anilines is 1. The van der Waals surface area contributed by atoms with Gasteiger partial charge in [0.1, 0.15) is 0 Å². The fraction of sp³-hybridized carbons (Fsp3) is 0.278. The molecule has 0 spiro atoms. The Morgan fingerprint density at radius 3 is 2.64 bits per heavy atom. The molecule has 1 unspecified atom stereocenters. The lowest BCUT2D eigenvalue weighted by Crippen LogP contribution is -2.29. The van der Waals surface area contributed by atoms with Gasteiger partial charge in [0.15, 0.2) is 0 Å². The number of para-hydroxylation sites is 1. The van der Waals surface area contributed by atoms with Crippen LogP contribution in [-0.2, 0) is 0 Å². The first-order chi connectivity index (χ1) is 10.7. The predicted octanol–water partition coefficient (Wildman–Crippen LogP) is 3.52. The molecule has 2 aromatic rings. The van der Waals surface area contributed by atoms with Gasteiger partial charge >= 0.3 is 0 Å². The van der Waals surface area contributed by atoms with E-state index in [9.17, 15) is 4.79 Å². The molecular formula is C18H20N2OS. The van der Waals surface area contributed by atoms with Gasteiger partial charge in [-0.1, -0.05) is 30.3 Å². The maximum atomic E-state index is 12.5. The van der Waals surface area contributed by atoms with Crippen molar-refractivity contribution in [1.29, 1.82) is 0 Å². The van der Waals surface area contributed by atoms with E-state index in [0.717, 1.165) is 25.3 Å². The van der Waals surface area contributed by atoms with E-state index in [4.69, 9.17) is 5.73 Å². The summed E-state index contributed by atoms with van der Waals surface area (Å²) in [6.07, 6.45) is 1.07. The molecule has 1 aliphatic heterocycles. The number of nitrogen functional groups attached to an aromatic ring is 1. The quantitative estimate of drug-likeness (QED) is 0.694. The van der Waals surface area contributed by atoms with E-state index in [-0.39, 0.29) is 5.91 Å². The van der Waals surface area contributed by atoms with Crippen molar-refractivity contribution >= 4 is 23.4 Å². The van der Waals surface area contributed by atoms with Gasteiger partial charge < -0.3 is 10.6 Å². The molecule has 0 bridgehead atoms. The third-order valence-corrected chi connectivity index (χ3v) is 5.24. The minimum atomic E-state index is 0.0605. The molecule has 3 rings (SSSR count). The largest absolute Gasteiger partial charge is 0.398 e. The van der Waals surface area contributed by atoms with Gasteiger partial charge in [0.25, 0.3) is 5.91 Å². The number of nitrogens with zero attached hydrogens (tertiary/aromatic N) is 1. The Bertz CT molecular complexity index is 645. The van der Waals surface area contributed by atoms with Gasteiger partial charge in [0.2, 0.25) is 0 Å². The molecule has 4 heteroatoms. The van der Waals surface area contributed by atoms with E-state index in [2.05, 4.69) is 24.3 Å². The summed E-state index contributed by atoms with van der Waals surface area (Å²) in [5.41, 5.74) is 7.10. The maximum Gasteiger partial charge on any atom is 0.255 e. The van der Waals surface area contributed by atoms with Crippen LogP contribution in [0.2, 0.25) is 0 Å². The fourth-order valence-corrected chi connectivity index (χ4v) is 3.80. The first-order valence-corrected chi connectivity index (χ1v) is 8.54. The summed E-state index contributed by atoms with van der Waals surface area (Å²) in [6, 6.07) is 17.7. The number of hydrogen-bond acceptors (Lipinski definition) is 3. The molecule has 1 fully saturated rings. The van der Waals surface area contributed by atoms with Crippen molar-refractivity contribution in [1.82, 2.24) is 4.90 Å². The molecule has 0 saturated carbocycles. The first-order valence-electron chi connectivity index (χ1n) is 7.55. The van der Waals surface area contributed by atoms with E-state index in [1.54, 1.807) is 6.07 Å². The molecule has 3 nitrogen and oxygen atoms in total. The molecule has 0 aromatic heterocycles. The van der Waals surface area contributed by atoms with Crippen molar-refractivity contribution in [2.24, 2.45) is 5.92 Å². The molecule has 22 heavy (non-hydrogen) atoms. The summed E-state index contributed by atoms with van der Waals surface area (Å²) in [5, 5.41) is 0. The van der Waals surface area contributed by atoms with Gasteiger partial charge in [0, 0.05) is 29.4 Å². The minimum Gasteiger partial charge on any atom is -0.398 e. The number of nitrogens with two attached hydrogens (primary N) is 1. The Morgan fingerprint density at radius 2 is 1.86 bits per heavy atom. The molecular weight excluding hydrogens is 292 g/mol. The van der Waals surface area contributed by atoms with Gasteiger partial charge in [-0.05, 0) is 36.6 Å². The summed E-state index contributed by atoms with van der Waals surface area (Å²) >= 11 is 1.87. The Labute approximate surface area is 135 Å². The van der Waals surface area contributed by atoms with Crippen molar-refractivity contribution < 1.29 is 4.79 Å². The van der Waals surface area contributed by atoms with Crippen LogP contribution in [0.5, 0.6) is 0 Å². The molecule has 1 saturated heterocycles. The lowest BCUT2D eigenvalue weighted by molar-refractivity contribution is 0.0789. The third kappa shape index (κ3) is 3.45. The van der Waals surface area contributed by atoms with Crippen LogP contribution in [0.1, 0.15) is 16.8 Å². The van der Waals surface area contributed by atoms with Crippen LogP contribution in [0.4, 0.5) is 5.69 Å². The van der Waals surface area contributed by atoms with Gasteiger partial charge in [-0.25, -0.2) is 0 Å². The van der Waals surface area contributed by atoms with E-state index in [1.165, 1.54) is 4.90 Å². The Balaban J connectivity index is 1.56. The standard InChI is InChI=1S/C18H20N2OS/c19-17-9-5-4-8-16(17)18(21)20-11-10-14(12-20)13-22-15-6-2-1-3-7-15/h1-9,14H,10-13,19H2. The van der Waals surface area contributed by atoms with E-state index in [1.807, 2.05) is 40.9 Å². The van der Waals surface area contributed by atoms with Gasteiger partial charge in [0.05, 0.1) is 5.56 Å². The number of amides is 1. The predicted molar refractivity (Wildman–Crippen MR) is 92.0 cm³/mol. The van der Waals surface area contributed by atoms with Crippen molar-refractivity contribution in [3.8, 4) is 0 Å². The average Bonchev–Trinajstić information content (AvgIpc) is 3.03. The second kappa shape index (κ2) is 6.88. The Hall–Kier alpha value is -1.94. The molecule has 1 aliphatic rings. The van der Waals surface area contributed by atoms with Crippen LogP contribution in [0.25, 0.3) is 0 Å². The van der Waals surface area contributed by atoms with Crippen LogP contribution < -0.4 is 5.73 Å². The third-order valence-electron chi connectivity index (χ3n) is 3.99. The summed E-state index contributed by atoms with van der Waals surface area (Å²) in [7, 11) is 0. The highest BCUT2D eigenvalue weighted by molar-refractivity contribution is 7.99. The SMILES string of the molecule is Nc1ccccc1C(=O)N1CCC(CSc2ccccc2)C1. The van der Waals surface area contributed by atoms with Gasteiger partial charge in [-0.15, -0.1) is 11.8 Å². The number of rotatable bonds is 4. The number of benzene rings is 2. The molecule has 1 atom stereocenters. The molecule has 114 valence electrons. The summed E-state index contributed by atoms with van der Waals surface area (Å²) in [5.74, 6) is 1.67. The zero-order valence-electron chi connectivity index (χ0n) is 12.4. The first kappa shape index (κ1) is 15.0. The normalized spacial score (nSPS) is 17.6. The topological polar surface area (TPSA) is 46.3 Å². The molecule has 2 aromatic carbocycles. The number of likely N-dealkylation sites (tertiary alicyclic amines) is 1. The monoisotopic (exact) mass is 312 g/mol. The van der Waals surface area contributed by atoms with Crippen molar-refractivity contribution in [2.75, 3.05) is 24.6 Å². The second-order valence-electron chi connectivity index (χ2n) is 5.62. The molecule has 0 radical (unpaired) electrons. The molecule has 0 aliphatic carbocycles. The second-order valence-corrected chi connectivity index (χ2v) is 6.71. The van der Waals surface area contributed by atoms with Crippen molar-refractivity contribution in [3.63, 3.8) is 0 Å². The lowest BCUT2D eigenvalue weighted by atomic mass is 10.1. The summed E-state index contributed by atoms with van der Waals surface area (Å²) in [6.45, 7) is 1.65. The zero-order valence-corrected chi connectivity index (χ0v) is 13.3. The van der Waals surface area contributed by atoms with Crippen LogP contribution in [0.3, 0.4) is 0 Å². The zero-order chi connectivity index (χ0) is 15.4. The van der Waals surface area contributed by atoms with E-state index < -0.39 is 0 Å². The van der Waals surface area contributed by atoms with Crippen LogP contribution in [0, 0.1) is 5.92 Å². The highest BCUT2D eigenvalue weighted by atomic mass is 32.2. The summed E-state index contributed by atoms with van der Waals surface area (Å²) in [4.78, 5) is 15.8. The molecule has 2 N–H and O–H groups in total. The van der Waals surface area contributed by atoms with Crippen molar-refractivity contribution in [3.05, 3.63) is 60.2 Å². The Kier molecular flexibility index (Phi) is 4.68. The van der Waals surface area contributed by atoms with E-state index in [0.29, 0.717) is 17.2 Å². The van der Waals surface area contributed by atoms with Crippen molar-refractivity contribution in [2.45, 2.75) is 11.3 Å². The highest BCUT2D eigenvalue weighted by Crippen LogP contribution is 2.27. The van der Waals surface area contributed by atoms with Crippen LogP contribution in [0.15, 0.2) is 59.5 Å². The maximum absolute atomic E-state index is 12.5. The highest BCUT2D eigenvalue weighted by Gasteiger charge is 2.27. The average molecular weight is 312 g/mol. The smallest absolute Gasteiger partial charge is 0.255 e. The van der Waals surface area contributed by atoms with Gasteiger partial charge in [-0.3, -0.25) is 4.79 Å². The molecule has 1 heterocycles. The fourth-order valence-electron chi connectivity index (χ4n) is 2.75. The number of carbonyl (C=O) groups is 1. The van der Waals surface area contributed by atoms with E-state index >= 15 is 0 Å². The minimum absolute atomic E-state index is 0.0605. The van der Waals surface area contributed by atoms with Crippen LogP contribution >= 0.6 is 11.8 Å². The number of hydrogen-bond donors (Lipinski definition) is 1. The molecule has 1 amide bonds. The lowest BCUT2D eigenvalue weighted by Gasteiger charge is -2.17. The number of thioether (sulfide) groups is 1.